The molecule has 230 valence electrons. The molecule has 3 aromatic carbocycles. The molecule has 0 aliphatic carbocycles. The summed E-state index contributed by atoms with van der Waals surface area (Å²) in [6.45, 7) is 8.66. The molecule has 0 saturated heterocycles. The minimum atomic E-state index is -4.46. The number of ether oxygens (including phenoxy) is 3. The summed E-state index contributed by atoms with van der Waals surface area (Å²) in [5.74, 6) is -3.81. The Labute approximate surface area is 250 Å². The van der Waals surface area contributed by atoms with Crippen molar-refractivity contribution in [2.75, 3.05) is 4.31 Å². The highest BCUT2D eigenvalue weighted by atomic mass is 32.2. The van der Waals surface area contributed by atoms with E-state index in [2.05, 4.69) is 0 Å². The maximum atomic E-state index is 14.2. The molecule has 43 heavy (non-hydrogen) atoms. The first-order valence-electron chi connectivity index (χ1n) is 13.9. The molecule has 1 aliphatic rings. The van der Waals surface area contributed by atoms with Gasteiger partial charge < -0.3 is 14.2 Å². The fourth-order valence-electron chi connectivity index (χ4n) is 4.95. The van der Waals surface area contributed by atoms with Crippen LogP contribution in [0.2, 0.25) is 0 Å². The SMILES string of the molecule is C[C@H](CC(=O)OCc1ccccc1)[C@@H]1Oc2ccc(CC(=O)OC(C)(C)C)cc2N(S(=O)(=O)c2ccc(F)c(F)c2)[C@@H]1C. The second-order valence-corrected chi connectivity index (χ2v) is 13.4. The second-order valence-electron chi connectivity index (χ2n) is 11.6. The summed E-state index contributed by atoms with van der Waals surface area (Å²) in [7, 11) is -4.46. The van der Waals surface area contributed by atoms with E-state index in [0.717, 1.165) is 22.0 Å². The lowest BCUT2D eigenvalue weighted by Gasteiger charge is -2.43. The van der Waals surface area contributed by atoms with Crippen LogP contribution in [0.4, 0.5) is 14.5 Å². The summed E-state index contributed by atoms with van der Waals surface area (Å²) in [6.07, 6.45) is -1.01. The standard InChI is InChI=1S/C32H35F2NO7S/c1-20(15-29(36)40-19-22-9-7-6-8-10-22)31-21(2)35(43(38,39)24-12-13-25(33)26(34)18-24)27-16-23(11-14-28(27)41-31)17-30(37)42-32(3,4)5/h6-14,16,18,20-21,31H,15,17,19H2,1-5H3/t20-,21-,31+/m1/s1. The number of halogens is 2. The van der Waals surface area contributed by atoms with E-state index in [-0.39, 0.29) is 30.9 Å². The van der Waals surface area contributed by atoms with Crippen LogP contribution in [0.25, 0.3) is 0 Å². The quantitative estimate of drug-likeness (QED) is 0.274. The number of nitrogens with zero attached hydrogens (tertiary/aromatic N) is 1. The zero-order valence-electron chi connectivity index (χ0n) is 24.7. The van der Waals surface area contributed by atoms with Crippen molar-refractivity contribution in [3.8, 4) is 5.75 Å². The number of benzene rings is 3. The highest BCUT2D eigenvalue weighted by Crippen LogP contribution is 2.42. The van der Waals surface area contributed by atoms with Crippen molar-refractivity contribution in [1.82, 2.24) is 0 Å². The number of carbonyl (C=O) groups is 2. The van der Waals surface area contributed by atoms with Gasteiger partial charge in [0.2, 0.25) is 0 Å². The summed E-state index contributed by atoms with van der Waals surface area (Å²) in [4.78, 5) is 24.8. The first-order chi connectivity index (χ1) is 20.2. The van der Waals surface area contributed by atoms with E-state index in [0.29, 0.717) is 11.6 Å². The minimum Gasteiger partial charge on any atom is -0.486 e. The van der Waals surface area contributed by atoms with Crippen molar-refractivity contribution in [2.45, 2.75) is 76.7 Å². The monoisotopic (exact) mass is 615 g/mol. The van der Waals surface area contributed by atoms with Crippen LogP contribution < -0.4 is 9.04 Å². The molecule has 3 aromatic rings. The molecule has 0 fully saturated rings. The smallest absolute Gasteiger partial charge is 0.310 e. The van der Waals surface area contributed by atoms with Crippen molar-refractivity contribution in [3.05, 3.63) is 89.5 Å². The first-order valence-corrected chi connectivity index (χ1v) is 15.3. The molecule has 0 saturated carbocycles. The Bertz CT molecular complexity index is 1590. The van der Waals surface area contributed by atoms with Crippen molar-refractivity contribution in [3.63, 3.8) is 0 Å². The van der Waals surface area contributed by atoms with Crippen LogP contribution in [0.5, 0.6) is 5.75 Å². The predicted molar refractivity (Wildman–Crippen MR) is 156 cm³/mol. The van der Waals surface area contributed by atoms with Crippen molar-refractivity contribution < 1.29 is 41.0 Å². The number of hydrogen-bond donors (Lipinski definition) is 0. The zero-order valence-corrected chi connectivity index (χ0v) is 25.5. The Balaban J connectivity index is 1.65. The minimum absolute atomic E-state index is 0.0625. The van der Waals surface area contributed by atoms with Gasteiger partial charge in [-0.1, -0.05) is 43.3 Å². The van der Waals surface area contributed by atoms with Crippen LogP contribution >= 0.6 is 0 Å². The molecule has 0 unspecified atom stereocenters. The molecule has 0 spiro atoms. The molecule has 0 amide bonds. The maximum Gasteiger partial charge on any atom is 0.310 e. The zero-order chi connectivity index (χ0) is 31.5. The Hall–Kier alpha value is -3.99. The summed E-state index contributed by atoms with van der Waals surface area (Å²) in [5, 5.41) is 0. The van der Waals surface area contributed by atoms with E-state index in [1.807, 2.05) is 30.3 Å². The van der Waals surface area contributed by atoms with E-state index in [4.69, 9.17) is 14.2 Å². The lowest BCUT2D eigenvalue weighted by Crippen LogP contribution is -2.53. The average Bonchev–Trinajstić information content (AvgIpc) is 2.92. The lowest BCUT2D eigenvalue weighted by molar-refractivity contribution is -0.154. The van der Waals surface area contributed by atoms with Gasteiger partial charge in [0.15, 0.2) is 11.6 Å². The number of hydrogen-bond acceptors (Lipinski definition) is 7. The van der Waals surface area contributed by atoms with Gasteiger partial charge in [0.1, 0.15) is 24.1 Å². The number of sulfonamides is 1. The van der Waals surface area contributed by atoms with Gasteiger partial charge >= 0.3 is 11.9 Å². The molecule has 4 rings (SSSR count). The van der Waals surface area contributed by atoms with Gasteiger partial charge in [0.25, 0.3) is 10.0 Å². The van der Waals surface area contributed by atoms with Gasteiger partial charge in [-0.05, 0) is 69.2 Å². The Morgan fingerprint density at radius 1 is 0.953 bits per heavy atom. The topological polar surface area (TPSA) is 99.2 Å². The molecule has 0 aromatic heterocycles. The highest BCUT2D eigenvalue weighted by Gasteiger charge is 2.43. The van der Waals surface area contributed by atoms with Gasteiger partial charge in [-0.15, -0.1) is 0 Å². The Kier molecular flexibility index (Phi) is 9.44. The lowest BCUT2D eigenvalue weighted by atomic mass is 9.93. The summed E-state index contributed by atoms with van der Waals surface area (Å²) < 4.78 is 74.0. The van der Waals surface area contributed by atoms with Crippen LogP contribution in [0, 0.1) is 17.6 Å². The van der Waals surface area contributed by atoms with Crippen molar-refractivity contribution in [1.29, 1.82) is 0 Å². The number of esters is 2. The summed E-state index contributed by atoms with van der Waals surface area (Å²) in [5.41, 5.74) is 0.695. The first kappa shape index (κ1) is 31.9. The third kappa shape index (κ3) is 7.70. The number of carbonyl (C=O) groups excluding carboxylic acids is 2. The number of fused-ring (bicyclic) bond motifs is 1. The normalized spacial score (nSPS) is 17.4. The molecule has 1 aliphatic heterocycles. The van der Waals surface area contributed by atoms with Crippen molar-refractivity contribution in [2.24, 2.45) is 5.92 Å². The van der Waals surface area contributed by atoms with Gasteiger partial charge in [0.05, 0.1) is 29.5 Å². The van der Waals surface area contributed by atoms with Crippen LogP contribution in [0.1, 0.15) is 52.2 Å². The highest BCUT2D eigenvalue weighted by molar-refractivity contribution is 7.92. The van der Waals surface area contributed by atoms with Gasteiger partial charge in [-0.25, -0.2) is 17.2 Å². The summed E-state index contributed by atoms with van der Waals surface area (Å²) >= 11 is 0. The Morgan fingerprint density at radius 2 is 1.65 bits per heavy atom. The second kappa shape index (κ2) is 12.7. The molecule has 3 atom stereocenters. The van der Waals surface area contributed by atoms with E-state index >= 15 is 0 Å². The molecular weight excluding hydrogens is 580 g/mol. The number of anilines is 1. The van der Waals surface area contributed by atoms with E-state index in [1.165, 1.54) is 6.07 Å². The average molecular weight is 616 g/mol. The van der Waals surface area contributed by atoms with Crippen LogP contribution in [0.15, 0.2) is 71.6 Å². The fourth-order valence-corrected chi connectivity index (χ4v) is 6.63. The summed E-state index contributed by atoms with van der Waals surface area (Å²) in [6, 6.07) is 15.3. The van der Waals surface area contributed by atoms with Crippen LogP contribution in [-0.2, 0) is 42.1 Å². The maximum absolute atomic E-state index is 14.2. The molecule has 0 radical (unpaired) electrons. The Morgan fingerprint density at radius 3 is 2.30 bits per heavy atom. The molecule has 11 heteroatoms. The predicted octanol–water partition coefficient (Wildman–Crippen LogP) is 5.96. The van der Waals surface area contributed by atoms with Gasteiger partial charge in [-0.2, -0.15) is 0 Å². The molecule has 0 N–H and O–H groups in total. The molecule has 1 heterocycles. The number of rotatable bonds is 9. The third-order valence-corrected chi connectivity index (χ3v) is 8.77. The molecule has 8 nitrogen and oxygen atoms in total. The van der Waals surface area contributed by atoms with Crippen LogP contribution in [0.3, 0.4) is 0 Å². The molecule has 0 bridgehead atoms. The fraction of sp³-hybridized carbons (Fsp3) is 0.375. The molecular formula is C32H35F2NO7S. The van der Waals surface area contributed by atoms with E-state index < -0.39 is 62.2 Å². The van der Waals surface area contributed by atoms with Gasteiger partial charge in [-0.3, -0.25) is 13.9 Å². The van der Waals surface area contributed by atoms with Crippen molar-refractivity contribution >= 4 is 27.6 Å². The van der Waals surface area contributed by atoms with E-state index in [9.17, 15) is 26.8 Å². The van der Waals surface area contributed by atoms with Gasteiger partial charge in [0, 0.05) is 5.92 Å². The third-order valence-electron chi connectivity index (χ3n) is 6.88. The largest absolute Gasteiger partial charge is 0.486 e. The van der Waals surface area contributed by atoms with Crippen LogP contribution in [-0.4, -0.2) is 38.1 Å². The van der Waals surface area contributed by atoms with E-state index in [1.54, 1.807) is 46.8 Å².